The number of anilines is 2. The van der Waals surface area contributed by atoms with E-state index in [0.717, 1.165) is 60.9 Å². The first-order valence-corrected chi connectivity index (χ1v) is 13.7. The Morgan fingerprint density at radius 1 is 1.11 bits per heavy atom. The molecule has 12 heteroatoms. The molecule has 1 aliphatic heterocycles. The van der Waals surface area contributed by atoms with Gasteiger partial charge in [-0.15, -0.1) is 0 Å². The quantitative estimate of drug-likeness (QED) is 0.289. The number of rotatable bonds is 7. The second kappa shape index (κ2) is 10.2. The SMILES string of the molecule is CS(=O)(=O)Nc1ccc(NC(=O)c2n[nH]c3ccc(-c4cncc(CN5CCC(O)CC5)c4)cc23)cn1. The molecule has 3 aromatic heterocycles. The first kappa shape index (κ1) is 24.8. The summed E-state index contributed by atoms with van der Waals surface area (Å²) in [7, 11) is -3.44. The van der Waals surface area contributed by atoms with Crippen molar-refractivity contribution >= 4 is 38.3 Å². The number of aromatic nitrogens is 4. The van der Waals surface area contributed by atoms with E-state index in [9.17, 15) is 18.3 Å². The van der Waals surface area contributed by atoms with Gasteiger partial charge in [-0.25, -0.2) is 13.4 Å². The predicted molar refractivity (Wildman–Crippen MR) is 140 cm³/mol. The first-order chi connectivity index (χ1) is 17.7. The molecule has 0 saturated carbocycles. The second-order valence-corrected chi connectivity index (χ2v) is 10.9. The summed E-state index contributed by atoms with van der Waals surface area (Å²) in [6, 6.07) is 10.8. The van der Waals surface area contributed by atoms with Crippen LogP contribution in [0.3, 0.4) is 0 Å². The highest BCUT2D eigenvalue weighted by Gasteiger charge is 2.18. The smallest absolute Gasteiger partial charge is 0.276 e. The average molecular weight is 522 g/mol. The number of pyridine rings is 2. The van der Waals surface area contributed by atoms with Crippen molar-refractivity contribution in [3.8, 4) is 11.1 Å². The van der Waals surface area contributed by atoms with Crippen LogP contribution in [0.1, 0.15) is 28.9 Å². The van der Waals surface area contributed by atoms with Crippen molar-refractivity contribution < 1.29 is 18.3 Å². The molecule has 0 unspecified atom stereocenters. The summed E-state index contributed by atoms with van der Waals surface area (Å²) < 4.78 is 25.0. The fourth-order valence-electron chi connectivity index (χ4n) is 4.34. The van der Waals surface area contributed by atoms with Crippen LogP contribution in [0.15, 0.2) is 55.0 Å². The number of aliphatic hydroxyl groups excluding tert-OH is 1. The Balaban J connectivity index is 1.33. The van der Waals surface area contributed by atoms with Gasteiger partial charge in [-0.05, 0) is 54.3 Å². The van der Waals surface area contributed by atoms with Crippen LogP contribution in [0.25, 0.3) is 22.0 Å². The molecule has 1 amide bonds. The third-order valence-electron chi connectivity index (χ3n) is 6.18. The number of likely N-dealkylation sites (tertiary alicyclic amines) is 1. The molecule has 0 aliphatic carbocycles. The Labute approximate surface area is 214 Å². The van der Waals surface area contributed by atoms with E-state index in [4.69, 9.17) is 0 Å². The summed E-state index contributed by atoms with van der Waals surface area (Å²) in [5, 5.41) is 20.2. The standard InChI is InChI=1S/C25H27N7O4S/c1-37(35,36)31-23-5-3-19(14-27-23)28-25(34)24-21-11-17(2-4-22(21)29-30-24)18-10-16(12-26-13-18)15-32-8-6-20(33)7-9-32/h2-5,10-14,20,33H,6-9,15H2,1H3,(H,27,31)(H,28,34)(H,29,30). The van der Waals surface area contributed by atoms with Gasteiger partial charge in [0.2, 0.25) is 10.0 Å². The molecular formula is C25H27N7O4S. The number of hydrogen-bond donors (Lipinski definition) is 4. The van der Waals surface area contributed by atoms with Gasteiger partial charge in [-0.2, -0.15) is 5.10 Å². The van der Waals surface area contributed by atoms with E-state index in [1.54, 1.807) is 12.3 Å². The van der Waals surface area contributed by atoms with E-state index in [2.05, 4.69) is 41.2 Å². The third kappa shape index (κ3) is 6.10. The summed E-state index contributed by atoms with van der Waals surface area (Å²) in [6.45, 7) is 2.48. The van der Waals surface area contributed by atoms with Crippen molar-refractivity contribution in [2.24, 2.45) is 0 Å². The zero-order valence-electron chi connectivity index (χ0n) is 20.2. The van der Waals surface area contributed by atoms with E-state index in [1.807, 2.05) is 24.4 Å². The molecule has 4 aromatic rings. The van der Waals surface area contributed by atoms with Crippen LogP contribution in [0, 0.1) is 0 Å². The first-order valence-electron chi connectivity index (χ1n) is 11.8. The number of nitrogens with one attached hydrogen (secondary N) is 3. The van der Waals surface area contributed by atoms with Crippen LogP contribution in [-0.2, 0) is 16.6 Å². The van der Waals surface area contributed by atoms with Gasteiger partial charge < -0.3 is 10.4 Å². The number of carbonyl (C=O) groups excluding carboxylic acids is 1. The fourth-order valence-corrected chi connectivity index (χ4v) is 4.84. The maximum absolute atomic E-state index is 13.0. The monoisotopic (exact) mass is 521 g/mol. The minimum atomic E-state index is -3.44. The van der Waals surface area contributed by atoms with E-state index in [1.165, 1.54) is 12.3 Å². The topological polar surface area (TPSA) is 153 Å². The number of aromatic amines is 1. The lowest BCUT2D eigenvalue weighted by atomic mass is 10.0. The zero-order valence-corrected chi connectivity index (χ0v) is 21.0. The van der Waals surface area contributed by atoms with Crippen LogP contribution in [0.5, 0.6) is 0 Å². The van der Waals surface area contributed by atoms with Gasteiger partial charge in [0, 0.05) is 43.0 Å². The Hall–Kier alpha value is -3.87. The van der Waals surface area contributed by atoms with Crippen LogP contribution < -0.4 is 10.0 Å². The summed E-state index contributed by atoms with van der Waals surface area (Å²) in [5.74, 6) is -0.266. The number of aliphatic hydroxyl groups is 1. The lowest BCUT2D eigenvalue weighted by Gasteiger charge is -2.29. The molecule has 1 aliphatic rings. The van der Waals surface area contributed by atoms with Crippen molar-refractivity contribution in [3.63, 3.8) is 0 Å². The molecule has 4 heterocycles. The lowest BCUT2D eigenvalue weighted by molar-refractivity contribution is 0.0792. The van der Waals surface area contributed by atoms with Gasteiger partial charge in [0.1, 0.15) is 5.82 Å². The van der Waals surface area contributed by atoms with E-state index < -0.39 is 15.9 Å². The molecular weight excluding hydrogens is 494 g/mol. The fraction of sp³-hybridized carbons (Fsp3) is 0.280. The van der Waals surface area contributed by atoms with E-state index >= 15 is 0 Å². The van der Waals surface area contributed by atoms with Crippen molar-refractivity contribution in [1.82, 2.24) is 25.1 Å². The molecule has 0 atom stereocenters. The summed E-state index contributed by atoms with van der Waals surface area (Å²) >= 11 is 0. The molecule has 4 N–H and O–H groups in total. The predicted octanol–water partition coefficient (Wildman–Crippen LogP) is 2.60. The van der Waals surface area contributed by atoms with Crippen LogP contribution in [-0.4, -0.2) is 69.9 Å². The van der Waals surface area contributed by atoms with Gasteiger partial charge in [0.15, 0.2) is 5.69 Å². The van der Waals surface area contributed by atoms with Gasteiger partial charge in [-0.3, -0.25) is 24.5 Å². The Kier molecular flexibility index (Phi) is 6.87. The number of hydrogen-bond acceptors (Lipinski definition) is 8. The zero-order chi connectivity index (χ0) is 26.0. The highest BCUT2D eigenvalue weighted by Crippen LogP contribution is 2.27. The molecule has 0 bridgehead atoms. The third-order valence-corrected chi connectivity index (χ3v) is 6.76. The van der Waals surface area contributed by atoms with E-state index in [0.29, 0.717) is 11.1 Å². The largest absolute Gasteiger partial charge is 0.393 e. The molecule has 0 radical (unpaired) electrons. The lowest BCUT2D eigenvalue weighted by Crippen LogP contribution is -2.35. The molecule has 192 valence electrons. The molecule has 0 spiro atoms. The van der Waals surface area contributed by atoms with Gasteiger partial charge >= 0.3 is 0 Å². The molecule has 1 aromatic carbocycles. The maximum Gasteiger partial charge on any atom is 0.276 e. The number of H-pyrrole nitrogens is 1. The minimum absolute atomic E-state index is 0.157. The van der Waals surface area contributed by atoms with Crippen molar-refractivity contribution in [1.29, 1.82) is 0 Å². The Morgan fingerprint density at radius 3 is 2.65 bits per heavy atom. The van der Waals surface area contributed by atoms with Crippen molar-refractivity contribution in [2.75, 3.05) is 29.4 Å². The summed E-state index contributed by atoms with van der Waals surface area (Å²) in [5.41, 5.74) is 4.27. The van der Waals surface area contributed by atoms with E-state index in [-0.39, 0.29) is 17.6 Å². The number of amides is 1. The van der Waals surface area contributed by atoms with Crippen LogP contribution in [0.2, 0.25) is 0 Å². The maximum atomic E-state index is 13.0. The Bertz CT molecular complexity index is 1530. The summed E-state index contributed by atoms with van der Waals surface area (Å²) in [6.07, 6.45) is 7.41. The molecule has 37 heavy (non-hydrogen) atoms. The average Bonchev–Trinajstić information content (AvgIpc) is 3.29. The highest BCUT2D eigenvalue weighted by molar-refractivity contribution is 7.92. The minimum Gasteiger partial charge on any atom is -0.393 e. The van der Waals surface area contributed by atoms with Gasteiger partial charge in [0.05, 0.1) is 29.8 Å². The number of piperidine rings is 1. The van der Waals surface area contributed by atoms with Crippen molar-refractivity contribution in [3.05, 3.63) is 66.2 Å². The van der Waals surface area contributed by atoms with Crippen LogP contribution in [0.4, 0.5) is 11.5 Å². The van der Waals surface area contributed by atoms with Gasteiger partial charge in [-0.1, -0.05) is 6.07 Å². The number of sulfonamides is 1. The van der Waals surface area contributed by atoms with Crippen molar-refractivity contribution in [2.45, 2.75) is 25.5 Å². The normalized spacial score (nSPS) is 15.1. The molecule has 1 saturated heterocycles. The highest BCUT2D eigenvalue weighted by atomic mass is 32.2. The number of nitrogens with zero attached hydrogens (tertiary/aromatic N) is 4. The Morgan fingerprint density at radius 2 is 1.92 bits per heavy atom. The molecule has 1 fully saturated rings. The number of carbonyl (C=O) groups is 1. The summed E-state index contributed by atoms with van der Waals surface area (Å²) in [4.78, 5) is 23.7. The second-order valence-electron chi connectivity index (χ2n) is 9.18. The van der Waals surface area contributed by atoms with Gasteiger partial charge in [0.25, 0.3) is 5.91 Å². The number of fused-ring (bicyclic) bond motifs is 1. The molecule has 11 nitrogen and oxygen atoms in total. The molecule has 5 rings (SSSR count). The van der Waals surface area contributed by atoms with Crippen LogP contribution >= 0.6 is 0 Å². The number of benzene rings is 1.